The number of ether oxygens (including phenoxy) is 2. The monoisotopic (exact) mass is 760 g/mol. The highest BCUT2D eigenvalue weighted by molar-refractivity contribution is 6.33. The Morgan fingerprint density at radius 2 is 1.96 bits per heavy atom. The van der Waals surface area contributed by atoms with E-state index in [2.05, 4.69) is 25.4 Å². The summed E-state index contributed by atoms with van der Waals surface area (Å²) in [4.78, 5) is 55.9. The van der Waals surface area contributed by atoms with Crippen molar-refractivity contribution in [2.75, 3.05) is 32.2 Å². The number of halogens is 5. The first-order chi connectivity index (χ1) is 24.7. The van der Waals surface area contributed by atoms with Crippen LogP contribution in [-0.4, -0.2) is 78.8 Å². The van der Waals surface area contributed by atoms with E-state index in [1.165, 1.54) is 7.11 Å². The maximum Gasteiger partial charge on any atom is 0.416 e. The van der Waals surface area contributed by atoms with Gasteiger partial charge in [-0.15, -0.1) is 5.10 Å². The first kappa shape index (κ1) is 37.0. The number of carbonyl (C=O) groups is 2. The van der Waals surface area contributed by atoms with Crippen molar-refractivity contribution < 1.29 is 32.2 Å². The molecule has 2 amide bonds. The minimum absolute atomic E-state index is 0.0165. The number of methoxy groups -OCH3 is 1. The van der Waals surface area contributed by atoms with Crippen LogP contribution in [0.25, 0.3) is 17.4 Å². The summed E-state index contributed by atoms with van der Waals surface area (Å²) in [5, 5.41) is 6.72. The van der Waals surface area contributed by atoms with E-state index in [0.29, 0.717) is 43.3 Å². The van der Waals surface area contributed by atoms with Gasteiger partial charge < -0.3 is 24.3 Å². The van der Waals surface area contributed by atoms with Crippen molar-refractivity contribution in [3.05, 3.63) is 84.5 Å². The zero-order chi connectivity index (χ0) is 37.5. The number of anilines is 1. The van der Waals surface area contributed by atoms with Gasteiger partial charge in [0.15, 0.2) is 17.3 Å². The summed E-state index contributed by atoms with van der Waals surface area (Å²) in [6.45, 7) is 5.91. The van der Waals surface area contributed by atoms with E-state index in [-0.39, 0.29) is 64.3 Å². The molecule has 0 unspecified atom stereocenters. The predicted molar refractivity (Wildman–Crippen MR) is 187 cm³/mol. The number of aromatic nitrogens is 6. The van der Waals surface area contributed by atoms with Gasteiger partial charge in [0.25, 0.3) is 11.5 Å². The molecule has 0 spiro atoms. The molecule has 2 aliphatic rings. The second kappa shape index (κ2) is 14.7. The van der Waals surface area contributed by atoms with Crippen molar-refractivity contribution in [1.29, 1.82) is 0 Å². The van der Waals surface area contributed by atoms with Crippen LogP contribution in [0.4, 0.5) is 18.9 Å². The zero-order valence-electron chi connectivity index (χ0n) is 28.5. The maximum atomic E-state index is 14.2. The van der Waals surface area contributed by atoms with Crippen LogP contribution in [-0.2, 0) is 28.7 Å². The number of fused-ring (bicyclic) bond motifs is 1. The van der Waals surface area contributed by atoms with Crippen LogP contribution in [0.2, 0.25) is 10.3 Å². The molecule has 0 aliphatic carbocycles. The predicted octanol–water partition coefficient (Wildman–Crippen LogP) is 5.65. The lowest BCUT2D eigenvalue weighted by Crippen LogP contribution is -2.34. The SMILES string of the molecule is CCc1c(/C=C2\C[C@@H](C)N(C(=O)c3nc(Cl)nc(C)c3OC)C2)c(=O)n2nc(C3=CCOCC3)nc2n1CC(=O)Nc1ccc(C(F)(F)F)cc1Cl. The van der Waals surface area contributed by atoms with E-state index in [1.54, 1.807) is 22.5 Å². The lowest BCUT2D eigenvalue weighted by molar-refractivity contribution is -0.137. The topological polar surface area (TPSA) is 146 Å². The molecule has 5 heterocycles. The smallest absolute Gasteiger partial charge is 0.416 e. The van der Waals surface area contributed by atoms with Crippen LogP contribution in [0.1, 0.15) is 65.5 Å². The van der Waals surface area contributed by atoms with Crippen molar-refractivity contribution in [3.8, 4) is 5.75 Å². The zero-order valence-corrected chi connectivity index (χ0v) is 30.0. The van der Waals surface area contributed by atoms with Crippen molar-refractivity contribution in [3.63, 3.8) is 0 Å². The van der Waals surface area contributed by atoms with Crippen LogP contribution in [0, 0.1) is 6.92 Å². The van der Waals surface area contributed by atoms with Crippen molar-refractivity contribution >= 4 is 58.1 Å². The third kappa shape index (κ3) is 7.27. The minimum atomic E-state index is -4.61. The van der Waals surface area contributed by atoms with E-state index >= 15 is 0 Å². The molecule has 0 saturated carbocycles. The molecule has 1 fully saturated rings. The molecule has 0 radical (unpaired) electrons. The summed E-state index contributed by atoms with van der Waals surface area (Å²) in [6.07, 6.45) is 0.135. The number of likely N-dealkylation sites (tertiary alicyclic amines) is 1. The van der Waals surface area contributed by atoms with Gasteiger partial charge >= 0.3 is 6.18 Å². The summed E-state index contributed by atoms with van der Waals surface area (Å²) in [7, 11) is 1.41. The summed E-state index contributed by atoms with van der Waals surface area (Å²) >= 11 is 12.2. The molecule has 6 rings (SSSR count). The van der Waals surface area contributed by atoms with Gasteiger partial charge in [-0.05, 0) is 80.1 Å². The number of nitrogens with one attached hydrogen (secondary N) is 1. The molecular formula is C34H33Cl2F3N8O5. The van der Waals surface area contributed by atoms with E-state index in [9.17, 15) is 27.6 Å². The van der Waals surface area contributed by atoms with Crippen LogP contribution >= 0.6 is 23.2 Å². The number of nitrogens with zero attached hydrogens (tertiary/aromatic N) is 7. The molecule has 274 valence electrons. The van der Waals surface area contributed by atoms with Crippen molar-refractivity contribution in [2.45, 2.75) is 58.8 Å². The average molecular weight is 762 g/mol. The Balaban J connectivity index is 1.40. The van der Waals surface area contributed by atoms with E-state index in [4.69, 9.17) is 32.7 Å². The first-order valence-corrected chi connectivity index (χ1v) is 17.0. The molecule has 2 aliphatic heterocycles. The fourth-order valence-corrected chi connectivity index (χ4v) is 6.81. The van der Waals surface area contributed by atoms with Crippen LogP contribution in [0.3, 0.4) is 0 Å². The molecule has 52 heavy (non-hydrogen) atoms. The van der Waals surface area contributed by atoms with E-state index in [0.717, 1.165) is 33.9 Å². The Hall–Kier alpha value is -4.80. The Labute approximate surface area is 305 Å². The fourth-order valence-electron chi connectivity index (χ4n) is 6.37. The Kier molecular flexibility index (Phi) is 10.4. The number of carbonyl (C=O) groups excluding carboxylic acids is 2. The quantitative estimate of drug-likeness (QED) is 0.225. The molecule has 1 atom stereocenters. The largest absolute Gasteiger partial charge is 0.492 e. The van der Waals surface area contributed by atoms with Crippen LogP contribution < -0.4 is 15.6 Å². The second-order valence-corrected chi connectivity index (χ2v) is 13.0. The third-order valence-electron chi connectivity index (χ3n) is 8.84. The number of rotatable bonds is 8. The molecule has 1 saturated heterocycles. The highest BCUT2D eigenvalue weighted by Gasteiger charge is 2.34. The Morgan fingerprint density at radius 3 is 2.62 bits per heavy atom. The van der Waals surface area contributed by atoms with Gasteiger partial charge in [0.1, 0.15) is 6.54 Å². The number of benzene rings is 1. The Morgan fingerprint density at radius 1 is 1.19 bits per heavy atom. The summed E-state index contributed by atoms with van der Waals surface area (Å²) in [6, 6.07) is 2.34. The molecule has 18 heteroatoms. The van der Waals surface area contributed by atoms with Gasteiger partial charge in [0, 0.05) is 18.3 Å². The molecule has 1 aromatic carbocycles. The van der Waals surface area contributed by atoms with Crippen molar-refractivity contribution in [1.82, 2.24) is 34.0 Å². The Bertz CT molecular complexity index is 2220. The number of aryl methyl sites for hydroxylation is 1. The van der Waals surface area contributed by atoms with Gasteiger partial charge in [0.2, 0.25) is 17.0 Å². The van der Waals surface area contributed by atoms with E-state index in [1.807, 2.05) is 19.9 Å². The normalized spacial score (nSPS) is 17.2. The summed E-state index contributed by atoms with van der Waals surface area (Å²) in [5.41, 5.74) is 1.18. The average Bonchev–Trinajstić information content (AvgIpc) is 3.71. The van der Waals surface area contributed by atoms with Crippen LogP contribution in [0.15, 0.2) is 34.6 Å². The van der Waals surface area contributed by atoms with Crippen LogP contribution in [0.5, 0.6) is 5.75 Å². The molecule has 13 nitrogen and oxygen atoms in total. The minimum Gasteiger partial charge on any atom is -0.492 e. The number of hydrogen-bond donors (Lipinski definition) is 1. The molecule has 4 aromatic rings. The van der Waals surface area contributed by atoms with Gasteiger partial charge in [-0.25, -0.2) is 9.97 Å². The van der Waals surface area contributed by atoms with Gasteiger partial charge in [-0.3, -0.25) is 14.4 Å². The number of amides is 2. The summed E-state index contributed by atoms with van der Waals surface area (Å²) < 4.78 is 53.1. The highest BCUT2D eigenvalue weighted by Crippen LogP contribution is 2.34. The standard InChI is InChI=1S/C34H33Cl2F3N8O5/c1-5-25-22(13-19-12-17(2)45(15-19)31(50)27-28(51-4)18(3)40-32(36)42-27)30(49)47-33(43-29(44-47)20-8-10-52-11-9-20)46(25)16-26(48)41-24-7-6-21(14-23(24)35)34(37,38)39/h6-8,13-14,17H,5,9-12,15-16H2,1-4H3,(H,41,48)/b19-13+/t17-/m1/s1. The first-order valence-electron chi connectivity index (χ1n) is 16.2. The van der Waals surface area contributed by atoms with Gasteiger partial charge in [0.05, 0.1) is 47.9 Å². The lowest BCUT2D eigenvalue weighted by atomic mass is 10.1. The third-order valence-corrected chi connectivity index (χ3v) is 9.32. The second-order valence-electron chi connectivity index (χ2n) is 12.3. The van der Waals surface area contributed by atoms with Crippen molar-refractivity contribution in [2.24, 2.45) is 0 Å². The summed E-state index contributed by atoms with van der Waals surface area (Å²) in [5.74, 6) is -0.452. The maximum absolute atomic E-state index is 14.2. The number of hydrogen-bond acceptors (Lipinski definition) is 9. The van der Waals surface area contributed by atoms with E-state index < -0.39 is 29.1 Å². The molecule has 0 bridgehead atoms. The van der Waals surface area contributed by atoms with Gasteiger partial charge in [-0.1, -0.05) is 24.6 Å². The highest BCUT2D eigenvalue weighted by atomic mass is 35.5. The lowest BCUT2D eigenvalue weighted by Gasteiger charge is -2.21. The molecular weight excluding hydrogens is 728 g/mol. The van der Waals surface area contributed by atoms with Gasteiger partial charge in [-0.2, -0.15) is 22.7 Å². The number of alkyl halides is 3. The molecule has 3 aromatic heterocycles. The fraction of sp³-hybridized carbons (Fsp3) is 0.382. The molecule has 1 N–H and O–H groups in total.